The van der Waals surface area contributed by atoms with E-state index < -0.39 is 36.0 Å². The molecule has 1 aromatic carbocycles. The second kappa shape index (κ2) is 8.33. The molecule has 0 bridgehead atoms. The molecular weight excluding hydrogens is 314 g/mol. The van der Waals surface area contributed by atoms with Crippen LogP contribution in [0.2, 0.25) is 0 Å². The second-order valence-electron chi connectivity index (χ2n) is 6.22. The van der Waals surface area contributed by atoms with Crippen molar-refractivity contribution in [3.63, 3.8) is 0 Å². The Hall–Kier alpha value is -2.57. The van der Waals surface area contributed by atoms with E-state index >= 15 is 0 Å². The molecule has 1 amide bonds. The minimum atomic E-state index is -1.27. The number of esters is 1. The molecule has 7 nitrogen and oxygen atoms in total. The highest BCUT2D eigenvalue weighted by molar-refractivity contribution is 5.86. The fourth-order valence-electron chi connectivity index (χ4n) is 2.24. The summed E-state index contributed by atoms with van der Waals surface area (Å²) < 4.78 is 9.91. The molecule has 0 aromatic heterocycles. The molecule has 0 fully saturated rings. The van der Waals surface area contributed by atoms with Crippen LogP contribution in [0.15, 0.2) is 30.3 Å². The number of carboxylic acid groups (broad SMARTS) is 1. The fraction of sp³-hybridized carbons (Fsp3) is 0.471. The quantitative estimate of drug-likeness (QED) is 0.802. The van der Waals surface area contributed by atoms with Crippen molar-refractivity contribution in [2.75, 3.05) is 7.11 Å². The van der Waals surface area contributed by atoms with Gasteiger partial charge in [0.15, 0.2) is 0 Å². The number of nitrogens with zero attached hydrogens (tertiary/aromatic N) is 1. The molecule has 0 heterocycles. The molecule has 0 saturated carbocycles. The standard InChI is InChI=1S/C17H23NO6/c1-17(2,3)18(13(10-14(19)20)15(21)23-4)16(22)24-11-12-8-6-5-7-9-12/h5-9,13H,10-11H2,1-4H3,(H,19,20)/t13-/m0/s1. The van der Waals surface area contributed by atoms with Crippen molar-refractivity contribution in [3.05, 3.63) is 35.9 Å². The molecule has 0 radical (unpaired) electrons. The zero-order valence-corrected chi connectivity index (χ0v) is 14.3. The number of amides is 1. The first-order valence-electron chi connectivity index (χ1n) is 7.46. The monoisotopic (exact) mass is 337 g/mol. The first-order valence-corrected chi connectivity index (χ1v) is 7.46. The van der Waals surface area contributed by atoms with Crippen LogP contribution >= 0.6 is 0 Å². The SMILES string of the molecule is COC(=O)[C@H](CC(=O)O)N(C(=O)OCc1ccccc1)C(C)(C)C. The van der Waals surface area contributed by atoms with Gasteiger partial charge in [-0.3, -0.25) is 9.69 Å². The highest BCUT2D eigenvalue weighted by Gasteiger charge is 2.40. The van der Waals surface area contributed by atoms with Gasteiger partial charge in [0.2, 0.25) is 0 Å². The van der Waals surface area contributed by atoms with E-state index in [4.69, 9.17) is 9.84 Å². The van der Waals surface area contributed by atoms with Crippen LogP contribution in [0.1, 0.15) is 32.8 Å². The number of benzene rings is 1. The zero-order valence-electron chi connectivity index (χ0n) is 14.3. The van der Waals surface area contributed by atoms with Crippen LogP contribution in [0.5, 0.6) is 0 Å². The van der Waals surface area contributed by atoms with Crippen molar-refractivity contribution in [1.82, 2.24) is 4.90 Å². The maximum Gasteiger partial charge on any atom is 0.411 e. The summed E-state index contributed by atoms with van der Waals surface area (Å²) in [5, 5.41) is 9.05. The third-order valence-corrected chi connectivity index (χ3v) is 3.28. The molecule has 1 N–H and O–H groups in total. The zero-order chi connectivity index (χ0) is 18.3. The summed E-state index contributed by atoms with van der Waals surface area (Å²) in [7, 11) is 1.15. The lowest BCUT2D eigenvalue weighted by molar-refractivity contribution is -0.153. The third-order valence-electron chi connectivity index (χ3n) is 3.28. The van der Waals surface area contributed by atoms with E-state index in [1.807, 2.05) is 18.2 Å². The Morgan fingerprint density at radius 3 is 2.21 bits per heavy atom. The van der Waals surface area contributed by atoms with E-state index in [2.05, 4.69) is 4.74 Å². The number of carbonyl (C=O) groups excluding carboxylic acids is 2. The number of methoxy groups -OCH3 is 1. The minimum absolute atomic E-state index is 0.0210. The first kappa shape index (κ1) is 19.5. The summed E-state index contributed by atoms with van der Waals surface area (Å²) in [6.07, 6.45) is -1.34. The average molecular weight is 337 g/mol. The third kappa shape index (κ3) is 5.57. The van der Waals surface area contributed by atoms with E-state index in [0.717, 1.165) is 17.6 Å². The number of carbonyl (C=O) groups is 3. The highest BCUT2D eigenvalue weighted by atomic mass is 16.6. The number of ether oxygens (including phenoxy) is 2. The van der Waals surface area contributed by atoms with E-state index in [1.54, 1.807) is 32.9 Å². The summed E-state index contributed by atoms with van der Waals surface area (Å²) in [4.78, 5) is 36.7. The van der Waals surface area contributed by atoms with Crippen molar-refractivity contribution >= 4 is 18.0 Å². The second-order valence-corrected chi connectivity index (χ2v) is 6.22. The molecule has 1 rings (SSSR count). The predicted molar refractivity (Wildman–Crippen MR) is 86.3 cm³/mol. The van der Waals surface area contributed by atoms with Gasteiger partial charge in [-0.25, -0.2) is 9.59 Å². The molecule has 7 heteroatoms. The van der Waals surface area contributed by atoms with Gasteiger partial charge in [0.05, 0.1) is 13.5 Å². The van der Waals surface area contributed by atoms with Crippen molar-refractivity contribution in [1.29, 1.82) is 0 Å². The number of hydrogen-bond acceptors (Lipinski definition) is 5. The topological polar surface area (TPSA) is 93.1 Å². The van der Waals surface area contributed by atoms with E-state index in [9.17, 15) is 14.4 Å². The minimum Gasteiger partial charge on any atom is -0.481 e. The smallest absolute Gasteiger partial charge is 0.411 e. The summed E-state index contributed by atoms with van der Waals surface area (Å²) in [5.74, 6) is -2.01. The van der Waals surface area contributed by atoms with Gasteiger partial charge < -0.3 is 14.6 Å². The number of carboxylic acids is 1. The molecule has 0 aliphatic rings. The summed E-state index contributed by atoms with van der Waals surface area (Å²) in [6, 6.07) is 7.79. The maximum atomic E-state index is 12.5. The molecule has 24 heavy (non-hydrogen) atoms. The Labute approximate surface area is 141 Å². The number of aliphatic carboxylic acids is 1. The largest absolute Gasteiger partial charge is 0.481 e. The Bertz CT molecular complexity index is 578. The fourth-order valence-corrected chi connectivity index (χ4v) is 2.24. The van der Waals surface area contributed by atoms with Crippen LogP contribution in [0.25, 0.3) is 0 Å². The molecule has 132 valence electrons. The molecule has 0 aliphatic carbocycles. The molecule has 0 spiro atoms. The normalized spacial score (nSPS) is 12.2. The van der Waals surface area contributed by atoms with Gasteiger partial charge >= 0.3 is 18.0 Å². The van der Waals surface area contributed by atoms with Crippen LogP contribution in [0.4, 0.5) is 4.79 Å². The van der Waals surface area contributed by atoms with Crippen LogP contribution in [0, 0.1) is 0 Å². The van der Waals surface area contributed by atoms with Crippen LogP contribution in [0.3, 0.4) is 0 Å². The average Bonchev–Trinajstić information content (AvgIpc) is 2.50. The molecule has 0 aliphatic heterocycles. The maximum absolute atomic E-state index is 12.5. The van der Waals surface area contributed by atoms with Gasteiger partial charge in [-0.05, 0) is 26.3 Å². The Morgan fingerprint density at radius 1 is 1.17 bits per heavy atom. The number of rotatable bonds is 6. The Balaban J connectivity index is 2.99. The molecule has 1 atom stereocenters. The number of hydrogen-bond donors (Lipinski definition) is 1. The lowest BCUT2D eigenvalue weighted by Gasteiger charge is -2.38. The van der Waals surface area contributed by atoms with Gasteiger partial charge in [0.1, 0.15) is 12.6 Å². The molecular formula is C17H23NO6. The van der Waals surface area contributed by atoms with Gasteiger partial charge in [-0.2, -0.15) is 0 Å². The Morgan fingerprint density at radius 2 is 1.75 bits per heavy atom. The summed E-state index contributed by atoms with van der Waals surface area (Å²) >= 11 is 0. The van der Waals surface area contributed by atoms with Gasteiger partial charge in [-0.1, -0.05) is 30.3 Å². The van der Waals surface area contributed by atoms with E-state index in [-0.39, 0.29) is 6.61 Å². The summed E-state index contributed by atoms with van der Waals surface area (Å²) in [6.45, 7) is 5.09. The lowest BCUT2D eigenvalue weighted by Crippen LogP contribution is -2.55. The first-order chi connectivity index (χ1) is 11.2. The summed E-state index contributed by atoms with van der Waals surface area (Å²) in [5.41, 5.74) is -0.0465. The van der Waals surface area contributed by atoms with Crippen molar-refractivity contribution < 1.29 is 29.0 Å². The van der Waals surface area contributed by atoms with Crippen molar-refractivity contribution in [2.45, 2.75) is 45.4 Å². The Kier molecular flexibility index (Phi) is 6.76. The molecule has 0 unspecified atom stereocenters. The van der Waals surface area contributed by atoms with Crippen molar-refractivity contribution in [2.24, 2.45) is 0 Å². The van der Waals surface area contributed by atoms with E-state index in [1.165, 1.54) is 0 Å². The van der Waals surface area contributed by atoms with Crippen molar-refractivity contribution in [3.8, 4) is 0 Å². The molecule has 1 aromatic rings. The predicted octanol–water partition coefficient (Wildman–Crippen LogP) is 2.44. The highest BCUT2D eigenvalue weighted by Crippen LogP contribution is 2.22. The lowest BCUT2D eigenvalue weighted by atomic mass is 10.0. The van der Waals surface area contributed by atoms with Crippen LogP contribution in [-0.2, 0) is 25.7 Å². The van der Waals surface area contributed by atoms with E-state index in [0.29, 0.717) is 0 Å². The van der Waals surface area contributed by atoms with Gasteiger partial charge in [-0.15, -0.1) is 0 Å². The van der Waals surface area contributed by atoms with Crippen LogP contribution < -0.4 is 0 Å². The van der Waals surface area contributed by atoms with Crippen LogP contribution in [-0.4, -0.2) is 46.7 Å². The van der Waals surface area contributed by atoms with Gasteiger partial charge in [0, 0.05) is 5.54 Å². The molecule has 0 saturated heterocycles. The van der Waals surface area contributed by atoms with Gasteiger partial charge in [0.25, 0.3) is 0 Å².